The van der Waals surface area contributed by atoms with E-state index in [1.165, 1.54) is 19.2 Å². The summed E-state index contributed by atoms with van der Waals surface area (Å²) in [6, 6.07) is 0.168. The average molecular weight is 320 g/mol. The number of halogens is 1. The summed E-state index contributed by atoms with van der Waals surface area (Å²) < 4.78 is 0.582. The van der Waals surface area contributed by atoms with E-state index in [1.54, 1.807) is 0 Å². The van der Waals surface area contributed by atoms with E-state index in [1.807, 2.05) is 22.6 Å². The molecule has 0 bridgehead atoms. The lowest BCUT2D eigenvalue weighted by Gasteiger charge is -2.12. The van der Waals surface area contributed by atoms with Crippen molar-refractivity contribution in [3.8, 4) is 0 Å². The third-order valence-electron chi connectivity index (χ3n) is 2.53. The molecule has 1 atom stereocenters. The summed E-state index contributed by atoms with van der Waals surface area (Å²) in [6.45, 7) is 0.678. The predicted octanol–water partition coefficient (Wildman–Crippen LogP) is 0.524. The number of aromatic amines is 1. The van der Waals surface area contributed by atoms with Gasteiger partial charge < -0.3 is 16.0 Å². The molecule has 1 unspecified atom stereocenters. The van der Waals surface area contributed by atoms with Crippen LogP contribution in [0.5, 0.6) is 0 Å². The van der Waals surface area contributed by atoms with Crippen LogP contribution in [-0.4, -0.2) is 22.6 Å². The Morgan fingerprint density at radius 2 is 2.47 bits per heavy atom. The maximum Gasteiger partial charge on any atom is 0.266 e. The molecule has 0 aliphatic heterocycles. The van der Waals surface area contributed by atoms with Crippen LogP contribution >= 0.6 is 22.6 Å². The van der Waals surface area contributed by atoms with Crippen molar-refractivity contribution in [1.82, 2.24) is 9.97 Å². The molecule has 15 heavy (non-hydrogen) atoms. The van der Waals surface area contributed by atoms with E-state index in [0.717, 1.165) is 0 Å². The number of rotatable bonds is 4. The zero-order valence-corrected chi connectivity index (χ0v) is 10.3. The standard InChI is InChI=1S/C9H13IN4O/c10-7-8(13-4-14-9(7)15)12-3-6(11)5-1-2-5/h4-6H,1-3,11H2,(H2,12,13,14,15). The molecule has 5 nitrogen and oxygen atoms in total. The van der Waals surface area contributed by atoms with Crippen LogP contribution in [0, 0.1) is 9.49 Å². The molecule has 82 valence electrons. The van der Waals surface area contributed by atoms with Crippen molar-refractivity contribution in [2.45, 2.75) is 18.9 Å². The van der Waals surface area contributed by atoms with Crippen LogP contribution < -0.4 is 16.6 Å². The van der Waals surface area contributed by atoms with Gasteiger partial charge in [-0.15, -0.1) is 0 Å². The van der Waals surface area contributed by atoms with Crippen molar-refractivity contribution in [3.05, 3.63) is 20.3 Å². The van der Waals surface area contributed by atoms with E-state index in [2.05, 4.69) is 15.3 Å². The van der Waals surface area contributed by atoms with Crippen molar-refractivity contribution >= 4 is 28.4 Å². The monoisotopic (exact) mass is 320 g/mol. The third-order valence-corrected chi connectivity index (χ3v) is 3.53. The van der Waals surface area contributed by atoms with Gasteiger partial charge in [-0.05, 0) is 41.4 Å². The summed E-state index contributed by atoms with van der Waals surface area (Å²) in [5.74, 6) is 1.27. The second kappa shape index (κ2) is 4.48. The van der Waals surface area contributed by atoms with Gasteiger partial charge in [0.15, 0.2) is 0 Å². The molecule has 0 radical (unpaired) electrons. The number of nitrogens with zero attached hydrogens (tertiary/aromatic N) is 1. The highest BCUT2D eigenvalue weighted by atomic mass is 127. The number of hydrogen-bond donors (Lipinski definition) is 3. The zero-order valence-electron chi connectivity index (χ0n) is 8.16. The van der Waals surface area contributed by atoms with Crippen LogP contribution in [0.25, 0.3) is 0 Å². The molecule has 1 saturated carbocycles. The molecule has 0 spiro atoms. The van der Waals surface area contributed by atoms with Gasteiger partial charge in [-0.25, -0.2) is 4.98 Å². The minimum absolute atomic E-state index is 0.118. The van der Waals surface area contributed by atoms with Crippen molar-refractivity contribution in [3.63, 3.8) is 0 Å². The molecule has 4 N–H and O–H groups in total. The Morgan fingerprint density at radius 3 is 3.13 bits per heavy atom. The predicted molar refractivity (Wildman–Crippen MR) is 66.8 cm³/mol. The molecule has 1 aliphatic rings. The molecule has 0 saturated heterocycles. The second-order valence-electron chi connectivity index (χ2n) is 3.78. The molecule has 1 aromatic rings. The fourth-order valence-corrected chi connectivity index (χ4v) is 1.90. The quantitative estimate of drug-likeness (QED) is 0.707. The summed E-state index contributed by atoms with van der Waals surface area (Å²) in [7, 11) is 0. The second-order valence-corrected chi connectivity index (χ2v) is 4.86. The number of hydrogen-bond acceptors (Lipinski definition) is 4. The van der Waals surface area contributed by atoms with Crippen molar-refractivity contribution in [1.29, 1.82) is 0 Å². The number of H-pyrrole nitrogens is 1. The number of nitrogens with two attached hydrogens (primary N) is 1. The molecule has 1 aromatic heterocycles. The summed E-state index contributed by atoms with van der Waals surface area (Å²) in [4.78, 5) is 17.8. The van der Waals surface area contributed by atoms with E-state index < -0.39 is 0 Å². The minimum Gasteiger partial charge on any atom is -0.367 e. The lowest BCUT2D eigenvalue weighted by atomic mass is 10.2. The highest BCUT2D eigenvalue weighted by molar-refractivity contribution is 14.1. The highest BCUT2D eigenvalue weighted by Crippen LogP contribution is 2.31. The van der Waals surface area contributed by atoms with E-state index in [-0.39, 0.29) is 11.6 Å². The van der Waals surface area contributed by atoms with Gasteiger partial charge in [-0.3, -0.25) is 4.79 Å². The van der Waals surface area contributed by atoms with E-state index >= 15 is 0 Å². The highest BCUT2D eigenvalue weighted by Gasteiger charge is 2.28. The van der Waals surface area contributed by atoms with Gasteiger partial charge in [-0.1, -0.05) is 0 Å². The van der Waals surface area contributed by atoms with Gasteiger partial charge in [0.2, 0.25) is 0 Å². The number of anilines is 1. The Balaban J connectivity index is 1.98. The maximum absolute atomic E-state index is 11.3. The largest absolute Gasteiger partial charge is 0.367 e. The van der Waals surface area contributed by atoms with Gasteiger partial charge >= 0.3 is 0 Å². The van der Waals surface area contributed by atoms with Gasteiger partial charge in [-0.2, -0.15) is 0 Å². The first kappa shape index (κ1) is 10.9. The molecule has 2 rings (SSSR count). The lowest BCUT2D eigenvalue weighted by Crippen LogP contribution is -2.32. The molecular weight excluding hydrogens is 307 g/mol. The Hall–Kier alpha value is -0.630. The summed E-state index contributed by atoms with van der Waals surface area (Å²) in [5.41, 5.74) is 5.82. The molecule has 1 fully saturated rings. The Kier molecular flexibility index (Phi) is 3.25. The summed E-state index contributed by atoms with van der Waals surface area (Å²) in [5, 5.41) is 3.11. The van der Waals surface area contributed by atoms with Crippen LogP contribution in [0.2, 0.25) is 0 Å². The maximum atomic E-state index is 11.3. The van der Waals surface area contributed by atoms with Crippen LogP contribution in [0.4, 0.5) is 5.82 Å². The Bertz CT molecular complexity index is 401. The van der Waals surface area contributed by atoms with E-state index in [4.69, 9.17) is 5.73 Å². The van der Waals surface area contributed by atoms with Gasteiger partial charge in [0, 0.05) is 12.6 Å². The Labute approximate surface area is 101 Å². The molecule has 6 heteroatoms. The van der Waals surface area contributed by atoms with Crippen LogP contribution in [0.3, 0.4) is 0 Å². The first-order valence-corrected chi connectivity index (χ1v) is 5.99. The van der Waals surface area contributed by atoms with Crippen LogP contribution in [0.1, 0.15) is 12.8 Å². The fourth-order valence-electron chi connectivity index (χ4n) is 1.41. The van der Waals surface area contributed by atoms with Crippen molar-refractivity contribution < 1.29 is 0 Å². The minimum atomic E-state index is -0.118. The topological polar surface area (TPSA) is 83.8 Å². The van der Waals surface area contributed by atoms with E-state index in [0.29, 0.717) is 21.9 Å². The van der Waals surface area contributed by atoms with Crippen molar-refractivity contribution in [2.24, 2.45) is 11.7 Å². The van der Waals surface area contributed by atoms with Crippen molar-refractivity contribution in [2.75, 3.05) is 11.9 Å². The first-order chi connectivity index (χ1) is 7.18. The van der Waals surface area contributed by atoms with Gasteiger partial charge in [0.1, 0.15) is 9.39 Å². The molecule has 1 aliphatic carbocycles. The number of nitrogens with one attached hydrogen (secondary N) is 2. The van der Waals surface area contributed by atoms with E-state index in [9.17, 15) is 4.79 Å². The average Bonchev–Trinajstić information content (AvgIpc) is 3.03. The van der Waals surface area contributed by atoms with Crippen LogP contribution in [0.15, 0.2) is 11.1 Å². The summed E-state index contributed by atoms with van der Waals surface area (Å²) >= 11 is 1.98. The number of aromatic nitrogens is 2. The smallest absolute Gasteiger partial charge is 0.266 e. The molecule has 1 heterocycles. The van der Waals surface area contributed by atoms with Gasteiger partial charge in [0.05, 0.1) is 6.33 Å². The van der Waals surface area contributed by atoms with Gasteiger partial charge in [0.25, 0.3) is 5.56 Å². The third kappa shape index (κ3) is 2.69. The zero-order chi connectivity index (χ0) is 10.8. The first-order valence-electron chi connectivity index (χ1n) is 4.91. The molecular formula is C9H13IN4O. The molecule has 0 amide bonds. The Morgan fingerprint density at radius 1 is 1.73 bits per heavy atom. The lowest BCUT2D eigenvalue weighted by molar-refractivity contribution is 0.619. The normalized spacial score (nSPS) is 17.5. The van der Waals surface area contributed by atoms with Crippen LogP contribution in [-0.2, 0) is 0 Å². The molecule has 0 aromatic carbocycles. The summed E-state index contributed by atoms with van der Waals surface area (Å²) in [6.07, 6.45) is 3.85. The SMILES string of the molecule is NC(CNc1nc[nH]c(=O)c1I)C1CC1. The fraction of sp³-hybridized carbons (Fsp3) is 0.556.